The van der Waals surface area contributed by atoms with Crippen LogP contribution in [-0.4, -0.2) is 4.57 Å². The Kier molecular flexibility index (Phi) is 5.90. The molecule has 0 atom stereocenters. The van der Waals surface area contributed by atoms with E-state index in [4.69, 9.17) is 0 Å². The summed E-state index contributed by atoms with van der Waals surface area (Å²) >= 11 is 0. The molecule has 0 aliphatic carbocycles. The zero-order valence-electron chi connectivity index (χ0n) is 18.5. The second-order valence-electron chi connectivity index (χ2n) is 9.15. The van der Waals surface area contributed by atoms with Crippen molar-refractivity contribution in [1.82, 2.24) is 4.57 Å². The summed E-state index contributed by atoms with van der Waals surface area (Å²) in [6, 6.07) is 31.2. The predicted octanol–water partition coefficient (Wildman–Crippen LogP) is 6.45. The van der Waals surface area contributed by atoms with E-state index >= 15 is 0 Å². The highest BCUT2D eigenvalue weighted by atomic mass is 16.1. The molecule has 0 bridgehead atoms. The third-order valence-electron chi connectivity index (χ3n) is 5.71. The Morgan fingerprint density at radius 3 is 2.10 bits per heavy atom. The molecule has 0 radical (unpaired) electrons. The smallest absolute Gasteiger partial charge is 0.250 e. The molecule has 3 aromatic carbocycles. The van der Waals surface area contributed by atoms with Crippen LogP contribution in [0.25, 0.3) is 11.1 Å². The van der Waals surface area contributed by atoms with Gasteiger partial charge in [0.25, 0.3) is 5.56 Å². The molecule has 1 heterocycles. The Morgan fingerprint density at radius 2 is 1.39 bits per heavy atom. The highest BCUT2D eigenvalue weighted by molar-refractivity contribution is 5.68. The summed E-state index contributed by atoms with van der Waals surface area (Å²) < 4.78 is 1.80. The lowest BCUT2D eigenvalue weighted by atomic mass is 9.85. The van der Waals surface area contributed by atoms with Crippen LogP contribution in [0, 0.1) is 0 Å². The van der Waals surface area contributed by atoms with Gasteiger partial charge in [0.15, 0.2) is 0 Å². The summed E-state index contributed by atoms with van der Waals surface area (Å²) in [7, 11) is 0. The van der Waals surface area contributed by atoms with E-state index < -0.39 is 0 Å². The van der Waals surface area contributed by atoms with E-state index in [1.807, 2.05) is 30.5 Å². The molecule has 2 heteroatoms. The topological polar surface area (TPSA) is 22.0 Å². The molecule has 1 aromatic heterocycles. The first-order chi connectivity index (χ1) is 14.9. The molecule has 2 nitrogen and oxygen atoms in total. The first-order valence-corrected chi connectivity index (χ1v) is 10.8. The molecule has 0 saturated carbocycles. The number of hydrogen-bond acceptors (Lipinski definition) is 1. The molecule has 0 amide bonds. The Balaban J connectivity index is 1.62. The molecule has 156 valence electrons. The van der Waals surface area contributed by atoms with Crippen molar-refractivity contribution in [2.45, 2.75) is 39.2 Å². The maximum atomic E-state index is 12.4. The Bertz CT molecular complexity index is 1210. The Morgan fingerprint density at radius 1 is 0.710 bits per heavy atom. The number of pyridine rings is 1. The van der Waals surface area contributed by atoms with E-state index in [2.05, 4.69) is 81.4 Å². The molecular formula is C29H29NO. The van der Waals surface area contributed by atoms with E-state index in [0.29, 0.717) is 6.54 Å². The van der Waals surface area contributed by atoms with Gasteiger partial charge in [0, 0.05) is 12.3 Å². The van der Waals surface area contributed by atoms with Gasteiger partial charge in [-0.05, 0) is 45.2 Å². The quantitative estimate of drug-likeness (QED) is 0.372. The van der Waals surface area contributed by atoms with Crippen LogP contribution in [0.15, 0.2) is 102 Å². The molecule has 0 saturated heterocycles. The second kappa shape index (κ2) is 8.77. The lowest BCUT2D eigenvalue weighted by molar-refractivity contribution is 0.590. The van der Waals surface area contributed by atoms with Crippen LogP contribution in [0.2, 0.25) is 0 Å². The summed E-state index contributed by atoms with van der Waals surface area (Å²) in [6.07, 6.45) is 2.78. The molecule has 4 rings (SSSR count). The highest BCUT2D eigenvalue weighted by Gasteiger charge is 2.14. The Labute approximate surface area is 184 Å². The Hall–Kier alpha value is -3.39. The third kappa shape index (κ3) is 5.03. The molecule has 0 aliphatic heterocycles. The van der Waals surface area contributed by atoms with Gasteiger partial charge in [-0.15, -0.1) is 0 Å². The van der Waals surface area contributed by atoms with Crippen molar-refractivity contribution in [2.24, 2.45) is 0 Å². The summed E-state index contributed by atoms with van der Waals surface area (Å²) in [4.78, 5) is 12.4. The van der Waals surface area contributed by atoms with Gasteiger partial charge >= 0.3 is 0 Å². The van der Waals surface area contributed by atoms with Gasteiger partial charge < -0.3 is 4.57 Å². The average molecular weight is 408 g/mol. The molecule has 0 aliphatic rings. The van der Waals surface area contributed by atoms with Crippen LogP contribution in [0.5, 0.6) is 0 Å². The average Bonchev–Trinajstić information content (AvgIpc) is 2.77. The minimum absolute atomic E-state index is 0.0265. The summed E-state index contributed by atoms with van der Waals surface area (Å²) in [5.74, 6) is 0. The zero-order chi connectivity index (χ0) is 21.8. The standard InChI is InChI=1S/C29H29NO/c1-29(2,3)26-16-14-24(15-17-26)27-12-8-7-11-25(27)19-23-13-18-28(31)30(21-23)20-22-9-5-4-6-10-22/h4-18,21H,19-20H2,1-3H3. The molecule has 0 fully saturated rings. The fraction of sp³-hybridized carbons (Fsp3) is 0.207. The van der Waals surface area contributed by atoms with Crippen molar-refractivity contribution < 1.29 is 0 Å². The number of rotatable bonds is 5. The summed E-state index contributed by atoms with van der Waals surface area (Å²) in [5.41, 5.74) is 7.49. The molecular weight excluding hydrogens is 378 g/mol. The zero-order valence-corrected chi connectivity index (χ0v) is 18.5. The van der Waals surface area contributed by atoms with Gasteiger partial charge in [0.05, 0.1) is 6.54 Å². The van der Waals surface area contributed by atoms with E-state index in [9.17, 15) is 4.79 Å². The lowest BCUT2D eigenvalue weighted by Crippen LogP contribution is -2.19. The minimum atomic E-state index is 0.0265. The van der Waals surface area contributed by atoms with Gasteiger partial charge in [-0.25, -0.2) is 0 Å². The van der Waals surface area contributed by atoms with Gasteiger partial charge in [-0.2, -0.15) is 0 Å². The van der Waals surface area contributed by atoms with Crippen LogP contribution in [-0.2, 0) is 18.4 Å². The molecule has 4 aromatic rings. The SMILES string of the molecule is CC(C)(C)c1ccc(-c2ccccc2Cc2ccc(=O)n(Cc3ccccc3)c2)cc1. The van der Waals surface area contributed by atoms with Gasteiger partial charge in [-0.1, -0.05) is 106 Å². The van der Waals surface area contributed by atoms with Crippen molar-refractivity contribution in [1.29, 1.82) is 0 Å². The molecule has 31 heavy (non-hydrogen) atoms. The first kappa shape index (κ1) is 20.9. The predicted molar refractivity (Wildman–Crippen MR) is 130 cm³/mol. The van der Waals surface area contributed by atoms with Crippen molar-refractivity contribution in [2.75, 3.05) is 0 Å². The van der Waals surface area contributed by atoms with Gasteiger partial charge in [0.1, 0.15) is 0 Å². The molecule has 0 N–H and O–H groups in total. The highest BCUT2D eigenvalue weighted by Crippen LogP contribution is 2.29. The fourth-order valence-electron chi connectivity index (χ4n) is 3.91. The van der Waals surface area contributed by atoms with E-state index in [1.54, 1.807) is 10.6 Å². The van der Waals surface area contributed by atoms with E-state index in [1.165, 1.54) is 22.3 Å². The first-order valence-electron chi connectivity index (χ1n) is 10.8. The lowest BCUT2D eigenvalue weighted by Gasteiger charge is -2.19. The number of aromatic nitrogens is 1. The van der Waals surface area contributed by atoms with Crippen LogP contribution in [0.4, 0.5) is 0 Å². The third-order valence-corrected chi connectivity index (χ3v) is 5.71. The minimum Gasteiger partial charge on any atom is -0.311 e. The number of nitrogens with zero attached hydrogens (tertiary/aromatic N) is 1. The maximum absolute atomic E-state index is 12.4. The number of hydrogen-bond donors (Lipinski definition) is 0. The van der Waals surface area contributed by atoms with Crippen molar-refractivity contribution in [3.8, 4) is 11.1 Å². The second-order valence-corrected chi connectivity index (χ2v) is 9.15. The monoisotopic (exact) mass is 407 g/mol. The van der Waals surface area contributed by atoms with Crippen LogP contribution < -0.4 is 5.56 Å². The van der Waals surface area contributed by atoms with E-state index in [0.717, 1.165) is 17.5 Å². The molecule has 0 unspecified atom stereocenters. The molecule has 0 spiro atoms. The normalized spacial score (nSPS) is 11.5. The van der Waals surface area contributed by atoms with Crippen LogP contribution in [0.1, 0.15) is 43.0 Å². The van der Waals surface area contributed by atoms with Crippen LogP contribution in [0.3, 0.4) is 0 Å². The van der Waals surface area contributed by atoms with Gasteiger partial charge in [0.2, 0.25) is 0 Å². The maximum Gasteiger partial charge on any atom is 0.250 e. The fourth-order valence-corrected chi connectivity index (χ4v) is 3.91. The number of benzene rings is 3. The largest absolute Gasteiger partial charge is 0.311 e. The summed E-state index contributed by atoms with van der Waals surface area (Å²) in [6.45, 7) is 7.30. The van der Waals surface area contributed by atoms with Gasteiger partial charge in [-0.3, -0.25) is 4.79 Å². The van der Waals surface area contributed by atoms with Crippen molar-refractivity contribution in [3.05, 3.63) is 130 Å². The van der Waals surface area contributed by atoms with Crippen molar-refractivity contribution >= 4 is 0 Å². The summed E-state index contributed by atoms with van der Waals surface area (Å²) in [5, 5.41) is 0. The van der Waals surface area contributed by atoms with Crippen molar-refractivity contribution in [3.63, 3.8) is 0 Å². The van der Waals surface area contributed by atoms with Crippen LogP contribution >= 0.6 is 0 Å². The van der Waals surface area contributed by atoms with E-state index in [-0.39, 0.29) is 11.0 Å².